The summed E-state index contributed by atoms with van der Waals surface area (Å²) in [5.41, 5.74) is 0.622. The lowest BCUT2D eigenvalue weighted by atomic mass is 10.2. The zero-order chi connectivity index (χ0) is 15.6. The summed E-state index contributed by atoms with van der Waals surface area (Å²) in [6.07, 6.45) is 5.92. The molecule has 0 radical (unpaired) electrons. The molecule has 1 fully saturated rings. The number of rotatable bonds is 4. The fraction of sp³-hybridized carbons (Fsp3) is 0.333. The standard InChI is InChI=1S/C15H17N3O3S/c1-22(19,20)18-9-5-8-14(18)13-10-16-11-15(17-13)21-12-6-3-2-4-7-12/h2-4,6-7,10-11,14H,5,8-9H2,1H3/t14-/m1/s1. The average molecular weight is 319 g/mol. The van der Waals surface area contributed by atoms with E-state index in [0.29, 0.717) is 23.9 Å². The lowest BCUT2D eigenvalue weighted by Crippen LogP contribution is -2.30. The number of hydrogen-bond acceptors (Lipinski definition) is 5. The first-order valence-corrected chi connectivity index (χ1v) is 8.90. The van der Waals surface area contributed by atoms with E-state index in [-0.39, 0.29) is 6.04 Å². The molecule has 0 aliphatic carbocycles. The molecule has 0 unspecified atom stereocenters. The highest BCUT2D eigenvalue weighted by Crippen LogP contribution is 2.33. The minimum Gasteiger partial charge on any atom is -0.437 e. The van der Waals surface area contributed by atoms with E-state index in [1.807, 2.05) is 30.3 Å². The lowest BCUT2D eigenvalue weighted by Gasteiger charge is -2.21. The molecular formula is C15H17N3O3S. The second kappa shape index (κ2) is 6.02. The first-order chi connectivity index (χ1) is 10.5. The van der Waals surface area contributed by atoms with E-state index < -0.39 is 10.0 Å². The molecule has 22 heavy (non-hydrogen) atoms. The fourth-order valence-corrected chi connectivity index (χ4v) is 3.75. The van der Waals surface area contributed by atoms with Gasteiger partial charge in [-0.05, 0) is 25.0 Å². The normalized spacial score (nSPS) is 19.2. The molecule has 0 saturated carbocycles. The second-order valence-corrected chi connectivity index (χ2v) is 7.16. The predicted octanol–water partition coefficient (Wildman–Crippen LogP) is 2.37. The summed E-state index contributed by atoms with van der Waals surface area (Å²) < 4.78 is 30.8. The molecule has 1 aliphatic heterocycles. The molecule has 1 saturated heterocycles. The molecule has 0 spiro atoms. The van der Waals surface area contributed by atoms with E-state index in [0.717, 1.165) is 12.8 Å². The van der Waals surface area contributed by atoms with Crippen LogP contribution in [-0.4, -0.2) is 35.5 Å². The van der Waals surface area contributed by atoms with Gasteiger partial charge in [-0.15, -0.1) is 0 Å². The Hall–Kier alpha value is -1.99. The summed E-state index contributed by atoms with van der Waals surface area (Å²) in [5.74, 6) is 1.03. The van der Waals surface area contributed by atoms with Gasteiger partial charge in [-0.25, -0.2) is 13.4 Å². The van der Waals surface area contributed by atoms with Crippen LogP contribution in [0.15, 0.2) is 42.7 Å². The third-order valence-corrected chi connectivity index (χ3v) is 4.86. The van der Waals surface area contributed by atoms with Gasteiger partial charge >= 0.3 is 0 Å². The molecule has 1 aliphatic rings. The summed E-state index contributed by atoms with van der Waals surface area (Å²) in [4.78, 5) is 8.56. The van der Waals surface area contributed by atoms with Gasteiger partial charge in [0.15, 0.2) is 0 Å². The minimum absolute atomic E-state index is 0.262. The monoisotopic (exact) mass is 319 g/mol. The second-order valence-electron chi connectivity index (χ2n) is 5.23. The maximum atomic E-state index is 11.8. The van der Waals surface area contributed by atoms with Crippen LogP contribution in [0.25, 0.3) is 0 Å². The van der Waals surface area contributed by atoms with Gasteiger partial charge in [-0.1, -0.05) is 18.2 Å². The van der Waals surface area contributed by atoms with Crippen molar-refractivity contribution < 1.29 is 13.2 Å². The van der Waals surface area contributed by atoms with Crippen LogP contribution in [0.2, 0.25) is 0 Å². The predicted molar refractivity (Wildman–Crippen MR) is 82.1 cm³/mol. The number of benzene rings is 1. The number of ether oxygens (including phenoxy) is 1. The molecule has 0 amide bonds. The Kier molecular flexibility index (Phi) is 4.08. The van der Waals surface area contributed by atoms with Crippen molar-refractivity contribution >= 4 is 10.0 Å². The largest absolute Gasteiger partial charge is 0.437 e. The molecule has 0 bridgehead atoms. The van der Waals surface area contributed by atoms with Crippen molar-refractivity contribution in [2.24, 2.45) is 0 Å². The van der Waals surface area contributed by atoms with Gasteiger partial charge in [0.25, 0.3) is 0 Å². The van der Waals surface area contributed by atoms with Crippen LogP contribution < -0.4 is 4.74 Å². The molecule has 3 rings (SSSR count). The Bertz CT molecular complexity index is 750. The van der Waals surface area contributed by atoms with Crippen molar-refractivity contribution in [1.29, 1.82) is 0 Å². The molecule has 1 aromatic heterocycles. The van der Waals surface area contributed by atoms with Gasteiger partial charge in [-0.3, -0.25) is 4.98 Å². The summed E-state index contributed by atoms with van der Waals surface area (Å²) in [7, 11) is -3.25. The first-order valence-electron chi connectivity index (χ1n) is 7.06. The van der Waals surface area contributed by atoms with E-state index in [9.17, 15) is 8.42 Å². The quantitative estimate of drug-likeness (QED) is 0.865. The zero-order valence-electron chi connectivity index (χ0n) is 12.2. The highest BCUT2D eigenvalue weighted by Gasteiger charge is 2.33. The van der Waals surface area contributed by atoms with Gasteiger partial charge in [0.05, 0.1) is 30.4 Å². The van der Waals surface area contributed by atoms with Crippen LogP contribution >= 0.6 is 0 Å². The third-order valence-electron chi connectivity index (χ3n) is 3.57. The molecule has 1 atom stereocenters. The van der Waals surface area contributed by atoms with Crippen LogP contribution in [0.3, 0.4) is 0 Å². The number of aromatic nitrogens is 2. The summed E-state index contributed by atoms with van der Waals surface area (Å²) in [6, 6.07) is 9.03. The van der Waals surface area contributed by atoms with Gasteiger partial charge < -0.3 is 4.74 Å². The van der Waals surface area contributed by atoms with Gasteiger partial charge in [0.2, 0.25) is 15.9 Å². The number of hydrogen-bond donors (Lipinski definition) is 0. The molecular weight excluding hydrogens is 302 g/mol. The van der Waals surface area contributed by atoms with Crippen molar-refractivity contribution in [3.05, 3.63) is 48.4 Å². The number of sulfonamides is 1. The highest BCUT2D eigenvalue weighted by molar-refractivity contribution is 7.88. The average Bonchev–Trinajstić information content (AvgIpc) is 2.98. The topological polar surface area (TPSA) is 72.4 Å². The maximum absolute atomic E-state index is 11.8. The number of nitrogens with zero attached hydrogens (tertiary/aromatic N) is 3. The SMILES string of the molecule is CS(=O)(=O)N1CCC[C@@H]1c1cncc(Oc2ccccc2)n1. The molecule has 2 heterocycles. The van der Waals surface area contributed by atoms with E-state index in [1.54, 1.807) is 6.20 Å². The Morgan fingerprint density at radius 2 is 2.00 bits per heavy atom. The Labute approximate surface area is 129 Å². The fourth-order valence-electron chi connectivity index (χ4n) is 2.61. The van der Waals surface area contributed by atoms with E-state index in [1.165, 1.54) is 16.8 Å². The Balaban J connectivity index is 1.85. The van der Waals surface area contributed by atoms with E-state index >= 15 is 0 Å². The molecule has 2 aromatic rings. The van der Waals surface area contributed by atoms with Crippen LogP contribution in [0.4, 0.5) is 0 Å². The van der Waals surface area contributed by atoms with E-state index in [2.05, 4.69) is 9.97 Å². The van der Waals surface area contributed by atoms with Crippen LogP contribution in [0, 0.1) is 0 Å². The highest BCUT2D eigenvalue weighted by atomic mass is 32.2. The van der Waals surface area contributed by atoms with E-state index in [4.69, 9.17) is 4.74 Å². The first kappa shape index (κ1) is 14.9. The molecule has 6 nitrogen and oxygen atoms in total. The summed E-state index contributed by atoms with van der Waals surface area (Å²) >= 11 is 0. The molecule has 116 valence electrons. The van der Waals surface area contributed by atoms with Crippen molar-refractivity contribution in [3.8, 4) is 11.6 Å². The van der Waals surface area contributed by atoms with Gasteiger partial charge in [0.1, 0.15) is 5.75 Å². The number of para-hydroxylation sites is 1. The van der Waals surface area contributed by atoms with Crippen molar-refractivity contribution in [1.82, 2.24) is 14.3 Å². The van der Waals surface area contributed by atoms with Crippen molar-refractivity contribution in [2.75, 3.05) is 12.8 Å². The molecule has 1 aromatic carbocycles. The van der Waals surface area contributed by atoms with Crippen molar-refractivity contribution in [3.63, 3.8) is 0 Å². The van der Waals surface area contributed by atoms with Crippen LogP contribution in [0.1, 0.15) is 24.6 Å². The smallest absolute Gasteiger partial charge is 0.238 e. The Morgan fingerprint density at radius 3 is 2.73 bits per heavy atom. The van der Waals surface area contributed by atoms with Gasteiger partial charge in [-0.2, -0.15) is 4.31 Å². The summed E-state index contributed by atoms with van der Waals surface area (Å²) in [5, 5.41) is 0. The van der Waals surface area contributed by atoms with Crippen LogP contribution in [0.5, 0.6) is 11.6 Å². The lowest BCUT2D eigenvalue weighted by molar-refractivity contribution is 0.386. The zero-order valence-corrected chi connectivity index (χ0v) is 13.0. The minimum atomic E-state index is -3.25. The maximum Gasteiger partial charge on any atom is 0.238 e. The molecule has 7 heteroatoms. The van der Waals surface area contributed by atoms with Crippen molar-refractivity contribution in [2.45, 2.75) is 18.9 Å². The Morgan fingerprint density at radius 1 is 1.23 bits per heavy atom. The third kappa shape index (κ3) is 3.26. The van der Waals surface area contributed by atoms with Gasteiger partial charge in [0, 0.05) is 6.54 Å². The van der Waals surface area contributed by atoms with Crippen LogP contribution in [-0.2, 0) is 10.0 Å². The molecule has 0 N–H and O–H groups in total. The summed E-state index contributed by atoms with van der Waals surface area (Å²) in [6.45, 7) is 0.523.